The van der Waals surface area contributed by atoms with E-state index in [-0.39, 0.29) is 16.3 Å². The summed E-state index contributed by atoms with van der Waals surface area (Å²) in [6.07, 6.45) is 4.49. The molecule has 0 saturated carbocycles. The maximum Gasteiger partial charge on any atom is 0.335 e. The van der Waals surface area contributed by atoms with Crippen molar-refractivity contribution in [3.8, 4) is 0 Å². The lowest BCUT2D eigenvalue weighted by Gasteiger charge is -2.11. The number of carboxylic acid groups (broad SMARTS) is 1. The van der Waals surface area contributed by atoms with Gasteiger partial charge in [-0.3, -0.25) is 9.71 Å². The number of nitrogens with zero attached hydrogens (tertiary/aromatic N) is 2. The zero-order valence-corrected chi connectivity index (χ0v) is 12.0. The van der Waals surface area contributed by atoms with Crippen molar-refractivity contribution >= 4 is 21.8 Å². The minimum Gasteiger partial charge on any atom is -0.478 e. The molecule has 8 heteroatoms. The lowest BCUT2D eigenvalue weighted by molar-refractivity contribution is 0.0696. The van der Waals surface area contributed by atoms with E-state index in [2.05, 4.69) is 14.7 Å². The topological polar surface area (TPSA) is 109 Å². The number of aromatic carboxylic acids is 1. The zero-order chi connectivity index (χ0) is 15.5. The summed E-state index contributed by atoms with van der Waals surface area (Å²) >= 11 is 0. The second kappa shape index (κ2) is 5.88. The number of nitrogens with one attached hydrogen (secondary N) is 1. The van der Waals surface area contributed by atoms with Crippen LogP contribution < -0.4 is 4.72 Å². The first-order valence-electron chi connectivity index (χ1n) is 6.09. The van der Waals surface area contributed by atoms with Crippen molar-refractivity contribution in [2.45, 2.75) is 18.2 Å². The summed E-state index contributed by atoms with van der Waals surface area (Å²) in [5, 5.41) is 8.99. The number of aryl methyl sites for hydroxylation is 1. The first-order valence-corrected chi connectivity index (χ1v) is 7.57. The van der Waals surface area contributed by atoms with Crippen molar-refractivity contribution in [3.05, 3.63) is 47.9 Å². The Balaban J connectivity index is 2.48. The third-order valence-electron chi connectivity index (χ3n) is 2.79. The van der Waals surface area contributed by atoms with Gasteiger partial charge in [-0.05, 0) is 24.1 Å². The van der Waals surface area contributed by atoms with E-state index < -0.39 is 16.0 Å². The van der Waals surface area contributed by atoms with Gasteiger partial charge in [0.15, 0.2) is 5.82 Å². The van der Waals surface area contributed by atoms with E-state index >= 15 is 0 Å². The maximum absolute atomic E-state index is 12.4. The van der Waals surface area contributed by atoms with Gasteiger partial charge < -0.3 is 5.11 Å². The quantitative estimate of drug-likeness (QED) is 0.867. The molecule has 1 aromatic carbocycles. The summed E-state index contributed by atoms with van der Waals surface area (Å²) < 4.78 is 27.0. The molecule has 0 saturated heterocycles. The number of sulfonamides is 1. The van der Waals surface area contributed by atoms with Gasteiger partial charge in [0.05, 0.1) is 16.7 Å². The molecule has 0 atom stereocenters. The fraction of sp³-hybridized carbons (Fsp3) is 0.154. The van der Waals surface area contributed by atoms with E-state index in [1.165, 1.54) is 30.7 Å². The van der Waals surface area contributed by atoms with Gasteiger partial charge in [-0.15, -0.1) is 0 Å². The Morgan fingerprint density at radius 1 is 1.33 bits per heavy atom. The Hall–Kier alpha value is -2.48. The molecular weight excluding hydrogens is 294 g/mol. The Morgan fingerprint density at radius 2 is 2.10 bits per heavy atom. The Morgan fingerprint density at radius 3 is 2.67 bits per heavy atom. The summed E-state index contributed by atoms with van der Waals surface area (Å²) in [4.78, 5) is 18.5. The van der Waals surface area contributed by atoms with Crippen LogP contribution in [0.15, 0.2) is 41.7 Å². The van der Waals surface area contributed by atoms with Gasteiger partial charge in [-0.1, -0.05) is 13.0 Å². The van der Waals surface area contributed by atoms with E-state index in [1.807, 2.05) is 0 Å². The van der Waals surface area contributed by atoms with Crippen LogP contribution in [0.4, 0.5) is 5.82 Å². The van der Waals surface area contributed by atoms with Crippen LogP contribution in [0.1, 0.15) is 22.8 Å². The Kier molecular flexibility index (Phi) is 4.18. The zero-order valence-electron chi connectivity index (χ0n) is 11.1. The number of aromatic nitrogens is 2. The molecule has 0 bridgehead atoms. The van der Waals surface area contributed by atoms with E-state index in [1.54, 1.807) is 6.92 Å². The van der Waals surface area contributed by atoms with Crippen molar-refractivity contribution in [2.75, 3.05) is 4.72 Å². The molecule has 2 aromatic rings. The summed E-state index contributed by atoms with van der Waals surface area (Å²) in [6.45, 7) is 1.79. The van der Waals surface area contributed by atoms with Gasteiger partial charge in [0.2, 0.25) is 0 Å². The van der Waals surface area contributed by atoms with Crippen molar-refractivity contribution in [1.82, 2.24) is 9.97 Å². The standard InChI is InChI=1S/C13H13N3O4S/c1-2-9-3-4-10(13(17)18)7-11(9)21(19,20)16-12-8-14-5-6-15-12/h3-8H,2H2,1H3,(H,15,16)(H,17,18). The summed E-state index contributed by atoms with van der Waals surface area (Å²) in [5.41, 5.74) is 0.433. The predicted octanol–water partition coefficient (Wildman–Crippen LogP) is 1.54. The van der Waals surface area contributed by atoms with E-state index in [9.17, 15) is 13.2 Å². The van der Waals surface area contributed by atoms with Crippen molar-refractivity contribution in [1.29, 1.82) is 0 Å². The molecule has 0 unspecified atom stereocenters. The highest BCUT2D eigenvalue weighted by Gasteiger charge is 2.20. The van der Waals surface area contributed by atoms with Crippen LogP contribution in [-0.4, -0.2) is 29.5 Å². The summed E-state index contributed by atoms with van der Waals surface area (Å²) in [6, 6.07) is 4.01. The Labute approximate surface area is 121 Å². The average molecular weight is 307 g/mol. The van der Waals surface area contributed by atoms with Crippen LogP contribution in [0.25, 0.3) is 0 Å². The molecule has 0 fully saturated rings. The van der Waals surface area contributed by atoms with Crippen LogP contribution in [-0.2, 0) is 16.4 Å². The van der Waals surface area contributed by atoms with Gasteiger partial charge >= 0.3 is 5.97 Å². The highest BCUT2D eigenvalue weighted by atomic mass is 32.2. The van der Waals surface area contributed by atoms with Crippen LogP contribution in [0.3, 0.4) is 0 Å². The van der Waals surface area contributed by atoms with Gasteiger partial charge in [-0.25, -0.2) is 18.2 Å². The van der Waals surface area contributed by atoms with Crippen molar-refractivity contribution in [2.24, 2.45) is 0 Å². The normalized spacial score (nSPS) is 11.1. The molecule has 0 spiro atoms. The van der Waals surface area contributed by atoms with Crippen LogP contribution in [0.5, 0.6) is 0 Å². The molecule has 21 heavy (non-hydrogen) atoms. The SMILES string of the molecule is CCc1ccc(C(=O)O)cc1S(=O)(=O)Nc1cnccn1. The van der Waals surface area contributed by atoms with Crippen molar-refractivity contribution in [3.63, 3.8) is 0 Å². The molecule has 7 nitrogen and oxygen atoms in total. The van der Waals surface area contributed by atoms with E-state index in [0.717, 1.165) is 6.07 Å². The molecule has 0 aliphatic rings. The number of hydrogen-bond acceptors (Lipinski definition) is 5. The monoisotopic (exact) mass is 307 g/mol. The molecule has 2 N–H and O–H groups in total. The van der Waals surface area contributed by atoms with Crippen LogP contribution in [0.2, 0.25) is 0 Å². The van der Waals surface area contributed by atoms with E-state index in [0.29, 0.717) is 12.0 Å². The number of rotatable bonds is 5. The van der Waals surface area contributed by atoms with Crippen LogP contribution >= 0.6 is 0 Å². The molecule has 110 valence electrons. The first kappa shape index (κ1) is 14.9. The molecule has 1 aromatic heterocycles. The number of benzene rings is 1. The molecular formula is C13H13N3O4S. The number of carboxylic acids is 1. The fourth-order valence-electron chi connectivity index (χ4n) is 1.77. The predicted molar refractivity (Wildman–Crippen MR) is 75.6 cm³/mol. The molecule has 0 amide bonds. The molecule has 1 heterocycles. The number of hydrogen-bond donors (Lipinski definition) is 2. The fourth-order valence-corrected chi connectivity index (χ4v) is 3.10. The third-order valence-corrected chi connectivity index (χ3v) is 4.22. The average Bonchev–Trinajstić information content (AvgIpc) is 2.47. The highest BCUT2D eigenvalue weighted by molar-refractivity contribution is 7.92. The second-order valence-electron chi connectivity index (χ2n) is 4.18. The molecule has 0 radical (unpaired) electrons. The lowest BCUT2D eigenvalue weighted by Crippen LogP contribution is -2.16. The molecule has 0 aliphatic carbocycles. The minimum atomic E-state index is -3.93. The molecule has 2 rings (SSSR count). The largest absolute Gasteiger partial charge is 0.478 e. The minimum absolute atomic E-state index is 0.0697. The molecule has 0 aliphatic heterocycles. The maximum atomic E-state index is 12.4. The van der Waals surface area contributed by atoms with Gasteiger partial charge in [-0.2, -0.15) is 0 Å². The van der Waals surface area contributed by atoms with Crippen LogP contribution in [0, 0.1) is 0 Å². The summed E-state index contributed by atoms with van der Waals surface area (Å²) in [7, 11) is -3.93. The third kappa shape index (κ3) is 3.34. The Bertz CT molecular complexity index is 760. The van der Waals surface area contributed by atoms with Gasteiger partial charge in [0.25, 0.3) is 10.0 Å². The smallest absolute Gasteiger partial charge is 0.335 e. The number of carbonyl (C=O) groups is 1. The first-order chi connectivity index (χ1) is 9.94. The number of anilines is 1. The summed E-state index contributed by atoms with van der Waals surface area (Å²) in [5.74, 6) is -1.12. The van der Waals surface area contributed by atoms with Crippen molar-refractivity contribution < 1.29 is 18.3 Å². The lowest BCUT2D eigenvalue weighted by atomic mass is 10.1. The highest BCUT2D eigenvalue weighted by Crippen LogP contribution is 2.21. The van der Waals surface area contributed by atoms with Gasteiger partial charge in [0.1, 0.15) is 0 Å². The van der Waals surface area contributed by atoms with E-state index in [4.69, 9.17) is 5.11 Å². The van der Waals surface area contributed by atoms with Gasteiger partial charge in [0, 0.05) is 12.4 Å². The second-order valence-corrected chi connectivity index (χ2v) is 5.83.